The second kappa shape index (κ2) is 9.76. The molecular weight excluding hydrogens is 446 g/mol. The molecule has 0 bridgehead atoms. The number of Topliss-reactive ketones (excluding diaryl/α,β-unsaturated/α-hetero) is 1. The van der Waals surface area contributed by atoms with Gasteiger partial charge in [0.15, 0.2) is 5.78 Å². The van der Waals surface area contributed by atoms with Crippen LogP contribution in [-0.2, 0) is 11.3 Å². The van der Waals surface area contributed by atoms with E-state index in [4.69, 9.17) is 4.74 Å². The minimum atomic E-state index is 0.156. The second-order valence-electron chi connectivity index (χ2n) is 12.8. The Labute approximate surface area is 217 Å². The van der Waals surface area contributed by atoms with Crippen LogP contribution >= 0.6 is 0 Å². The zero-order valence-corrected chi connectivity index (χ0v) is 23.4. The lowest BCUT2D eigenvalue weighted by Gasteiger charge is -2.61. The van der Waals surface area contributed by atoms with Crippen LogP contribution in [-0.4, -0.2) is 27.9 Å². The molecule has 4 fully saturated rings. The fraction of sp³-hybridized carbons (Fsp3) is 0.774. The molecule has 198 valence electrons. The maximum absolute atomic E-state index is 13.7. The molecule has 0 aliphatic heterocycles. The second-order valence-corrected chi connectivity index (χ2v) is 12.8. The number of nitrogens with zero attached hydrogens (tertiary/aromatic N) is 3. The lowest BCUT2D eigenvalue weighted by Crippen LogP contribution is -2.53. The molecule has 1 aromatic carbocycles. The van der Waals surface area contributed by atoms with E-state index >= 15 is 0 Å². The van der Waals surface area contributed by atoms with E-state index < -0.39 is 0 Å². The van der Waals surface area contributed by atoms with Crippen molar-refractivity contribution in [2.75, 3.05) is 7.11 Å². The van der Waals surface area contributed by atoms with Gasteiger partial charge in [0.1, 0.15) is 17.8 Å². The van der Waals surface area contributed by atoms with Gasteiger partial charge in [-0.3, -0.25) is 4.79 Å². The van der Waals surface area contributed by atoms with Crippen LogP contribution in [0.3, 0.4) is 0 Å². The SMILES string of the molecule is CC.COc1ccc2c(c1)nnn2CC(=O)[C@H]1CCC2C3CCC4CC(C)CCC4(C)C3CCC21C. The average Bonchev–Trinajstić information content (AvgIpc) is 3.45. The van der Waals surface area contributed by atoms with E-state index in [1.807, 2.05) is 32.0 Å². The lowest BCUT2D eigenvalue weighted by molar-refractivity contribution is -0.137. The lowest BCUT2D eigenvalue weighted by atomic mass is 9.44. The monoisotopic (exact) mass is 493 g/mol. The highest BCUT2D eigenvalue weighted by molar-refractivity contribution is 5.84. The van der Waals surface area contributed by atoms with E-state index in [-0.39, 0.29) is 11.3 Å². The van der Waals surface area contributed by atoms with Gasteiger partial charge in [0.05, 0.1) is 12.6 Å². The van der Waals surface area contributed by atoms with Crippen LogP contribution < -0.4 is 4.74 Å². The Kier molecular flexibility index (Phi) is 6.97. The molecule has 7 unspecified atom stereocenters. The van der Waals surface area contributed by atoms with Gasteiger partial charge in [-0.15, -0.1) is 5.10 Å². The fourth-order valence-corrected chi connectivity index (χ4v) is 9.45. The van der Waals surface area contributed by atoms with Gasteiger partial charge in [-0.05, 0) is 104 Å². The van der Waals surface area contributed by atoms with Gasteiger partial charge >= 0.3 is 0 Å². The summed E-state index contributed by atoms with van der Waals surface area (Å²) in [7, 11) is 1.66. The molecule has 0 amide bonds. The van der Waals surface area contributed by atoms with Crippen LogP contribution in [0, 0.1) is 46.3 Å². The first-order valence-electron chi connectivity index (χ1n) is 14.7. The third-order valence-electron chi connectivity index (χ3n) is 11.3. The van der Waals surface area contributed by atoms with E-state index in [2.05, 4.69) is 31.1 Å². The Bertz CT molecular complexity index is 1090. The van der Waals surface area contributed by atoms with Crippen molar-refractivity contribution in [3.05, 3.63) is 18.2 Å². The van der Waals surface area contributed by atoms with Gasteiger partial charge in [0.2, 0.25) is 0 Å². The highest BCUT2D eigenvalue weighted by Gasteiger charge is 2.60. The Balaban J connectivity index is 0.00000130. The quantitative estimate of drug-likeness (QED) is 0.447. The molecule has 0 N–H and O–H groups in total. The Morgan fingerprint density at radius 1 is 1.03 bits per heavy atom. The molecule has 5 heteroatoms. The summed E-state index contributed by atoms with van der Waals surface area (Å²) >= 11 is 0. The summed E-state index contributed by atoms with van der Waals surface area (Å²) in [6.07, 6.45) is 11.9. The molecule has 0 spiro atoms. The highest BCUT2D eigenvalue weighted by atomic mass is 16.5. The summed E-state index contributed by atoms with van der Waals surface area (Å²) in [6.45, 7) is 11.9. The molecule has 2 aromatic rings. The number of carbonyl (C=O) groups excluding carboxylic acids is 1. The molecule has 4 saturated carbocycles. The van der Waals surface area contributed by atoms with Crippen molar-refractivity contribution >= 4 is 16.8 Å². The summed E-state index contributed by atoms with van der Waals surface area (Å²) in [5.74, 6) is 5.54. The number of hydrogen-bond donors (Lipinski definition) is 0. The molecule has 1 heterocycles. The fourth-order valence-electron chi connectivity index (χ4n) is 9.45. The number of hydrogen-bond acceptors (Lipinski definition) is 4. The van der Waals surface area contributed by atoms with Crippen molar-refractivity contribution in [2.24, 2.45) is 46.3 Å². The summed E-state index contributed by atoms with van der Waals surface area (Å²) in [5, 5.41) is 8.62. The molecule has 4 aliphatic carbocycles. The van der Waals surface area contributed by atoms with Gasteiger partial charge < -0.3 is 4.74 Å². The van der Waals surface area contributed by atoms with E-state index in [0.717, 1.165) is 46.9 Å². The van der Waals surface area contributed by atoms with Crippen LogP contribution in [0.1, 0.15) is 92.4 Å². The molecular formula is C31H47N3O2. The molecule has 1 aromatic heterocycles. The molecule has 6 rings (SSSR count). The van der Waals surface area contributed by atoms with Crippen LogP contribution in [0.2, 0.25) is 0 Å². The molecule has 36 heavy (non-hydrogen) atoms. The third kappa shape index (κ3) is 4.00. The van der Waals surface area contributed by atoms with Crippen molar-refractivity contribution in [2.45, 2.75) is 99.0 Å². The zero-order chi connectivity index (χ0) is 25.7. The van der Waals surface area contributed by atoms with Crippen molar-refractivity contribution < 1.29 is 9.53 Å². The van der Waals surface area contributed by atoms with Crippen molar-refractivity contribution in [1.82, 2.24) is 15.0 Å². The standard InChI is InChI=1S/C29H41N3O2.C2H6/c1-18-11-13-28(2)19(15-18)5-7-21-22-8-9-24(29(22,3)14-12-23(21)28)27(33)17-32-26-10-6-20(34-4)16-25(26)30-31-32;1-2/h6,10,16,18-19,21-24H,5,7-9,11-15,17H2,1-4H3;1-2H3/t18?,19?,21?,22?,23?,24-,28?,29?;/m1./s1. The number of benzene rings is 1. The van der Waals surface area contributed by atoms with Crippen molar-refractivity contribution in [3.8, 4) is 5.75 Å². The normalized spacial score (nSPS) is 39.4. The van der Waals surface area contributed by atoms with Gasteiger partial charge in [-0.1, -0.05) is 46.3 Å². The first-order chi connectivity index (χ1) is 17.3. The maximum atomic E-state index is 13.7. The van der Waals surface area contributed by atoms with Gasteiger partial charge in [-0.2, -0.15) is 0 Å². The smallest absolute Gasteiger partial charge is 0.157 e. The maximum Gasteiger partial charge on any atom is 0.157 e. The highest BCUT2D eigenvalue weighted by Crippen LogP contribution is 2.67. The number of ketones is 1. The Morgan fingerprint density at radius 3 is 2.56 bits per heavy atom. The van der Waals surface area contributed by atoms with Crippen LogP contribution in [0.15, 0.2) is 18.2 Å². The van der Waals surface area contributed by atoms with E-state index in [9.17, 15) is 4.79 Å². The molecule has 0 saturated heterocycles. The first-order valence-corrected chi connectivity index (χ1v) is 14.7. The number of carbonyl (C=O) groups is 1. The van der Waals surface area contributed by atoms with E-state index in [1.54, 1.807) is 11.8 Å². The number of methoxy groups -OCH3 is 1. The minimum absolute atomic E-state index is 0.156. The molecule has 4 aliphatic rings. The van der Waals surface area contributed by atoms with Gasteiger partial charge in [0.25, 0.3) is 0 Å². The zero-order valence-electron chi connectivity index (χ0n) is 23.4. The van der Waals surface area contributed by atoms with Gasteiger partial charge in [0, 0.05) is 12.0 Å². The first kappa shape index (κ1) is 25.7. The summed E-state index contributed by atoms with van der Waals surface area (Å²) in [6, 6.07) is 5.78. The average molecular weight is 494 g/mol. The minimum Gasteiger partial charge on any atom is -0.497 e. The van der Waals surface area contributed by atoms with Crippen LogP contribution in [0.4, 0.5) is 0 Å². The number of rotatable bonds is 4. The molecule has 0 radical (unpaired) electrons. The van der Waals surface area contributed by atoms with Crippen molar-refractivity contribution in [3.63, 3.8) is 0 Å². The van der Waals surface area contributed by atoms with E-state index in [0.29, 0.717) is 23.7 Å². The van der Waals surface area contributed by atoms with Crippen LogP contribution in [0.25, 0.3) is 11.0 Å². The predicted octanol–water partition coefficient (Wildman–Crippen LogP) is 7.33. The summed E-state index contributed by atoms with van der Waals surface area (Å²) in [4.78, 5) is 13.7. The molecule has 5 nitrogen and oxygen atoms in total. The number of ether oxygens (including phenoxy) is 1. The topological polar surface area (TPSA) is 57.0 Å². The predicted molar refractivity (Wildman–Crippen MR) is 145 cm³/mol. The Morgan fingerprint density at radius 2 is 1.78 bits per heavy atom. The third-order valence-corrected chi connectivity index (χ3v) is 11.3. The summed E-state index contributed by atoms with van der Waals surface area (Å²) < 4.78 is 7.11. The number of fused-ring (bicyclic) bond motifs is 6. The van der Waals surface area contributed by atoms with Crippen molar-refractivity contribution in [1.29, 1.82) is 0 Å². The Hall–Kier alpha value is -1.91. The molecule has 8 atom stereocenters. The summed E-state index contributed by atoms with van der Waals surface area (Å²) in [5.41, 5.74) is 2.40. The van der Waals surface area contributed by atoms with Gasteiger partial charge in [-0.25, -0.2) is 4.68 Å². The number of aromatic nitrogens is 3. The largest absolute Gasteiger partial charge is 0.497 e. The van der Waals surface area contributed by atoms with E-state index in [1.165, 1.54) is 51.4 Å². The van der Waals surface area contributed by atoms with Crippen LogP contribution in [0.5, 0.6) is 5.75 Å².